The van der Waals surface area contributed by atoms with Gasteiger partial charge in [0.05, 0.1) is 17.0 Å². The van der Waals surface area contributed by atoms with Gasteiger partial charge in [0, 0.05) is 0 Å². The lowest BCUT2D eigenvalue weighted by atomic mass is 9.99. The number of hydrogen-bond donors (Lipinski definition) is 3. The second kappa shape index (κ2) is 6.14. The Hall–Kier alpha value is -2.15. The monoisotopic (exact) mass is 267 g/mol. The van der Waals surface area contributed by atoms with Crippen molar-refractivity contribution in [2.75, 3.05) is 5.32 Å². The number of phenols is 1. The van der Waals surface area contributed by atoms with Gasteiger partial charge < -0.3 is 16.2 Å². The molecule has 0 aliphatic heterocycles. The Kier molecular flexibility index (Phi) is 4.82. The van der Waals surface area contributed by atoms with E-state index in [9.17, 15) is 20.0 Å². The highest BCUT2D eigenvalue weighted by molar-refractivity contribution is 5.96. The van der Waals surface area contributed by atoms with E-state index in [-0.39, 0.29) is 23.0 Å². The lowest BCUT2D eigenvalue weighted by Crippen LogP contribution is -2.40. The first-order valence-electron chi connectivity index (χ1n) is 5.90. The number of nitro benzene ring substituents is 1. The largest absolute Gasteiger partial charge is 0.508 e. The van der Waals surface area contributed by atoms with Crippen molar-refractivity contribution < 1.29 is 14.8 Å². The van der Waals surface area contributed by atoms with E-state index in [4.69, 9.17) is 5.73 Å². The smallest absolute Gasteiger partial charge is 0.296 e. The number of benzene rings is 1. The molecular formula is C12H17N3O4. The summed E-state index contributed by atoms with van der Waals surface area (Å²) in [6.45, 7) is 3.73. The Morgan fingerprint density at radius 1 is 1.58 bits per heavy atom. The first kappa shape index (κ1) is 14.9. The van der Waals surface area contributed by atoms with Crippen LogP contribution in [0.25, 0.3) is 0 Å². The Labute approximate surface area is 110 Å². The molecule has 0 heterocycles. The summed E-state index contributed by atoms with van der Waals surface area (Å²) in [5.74, 6) is -0.754. The Balaban J connectivity index is 2.94. The lowest BCUT2D eigenvalue weighted by molar-refractivity contribution is -0.384. The highest BCUT2D eigenvalue weighted by atomic mass is 16.6. The molecule has 0 radical (unpaired) electrons. The second-order valence-corrected chi connectivity index (χ2v) is 4.36. The molecule has 0 saturated heterocycles. The number of rotatable bonds is 5. The molecule has 0 aliphatic carbocycles. The van der Waals surface area contributed by atoms with Gasteiger partial charge in [-0.3, -0.25) is 14.9 Å². The fraction of sp³-hybridized carbons (Fsp3) is 0.417. The molecule has 2 atom stereocenters. The minimum Gasteiger partial charge on any atom is -0.508 e. The SMILES string of the molecule is CCC(C)[C@H](N)C(=O)Nc1ccc(O)cc1[N+](=O)[O-]. The maximum absolute atomic E-state index is 11.9. The number of nitrogens with zero attached hydrogens (tertiary/aromatic N) is 1. The molecule has 1 aromatic rings. The van der Waals surface area contributed by atoms with Crippen LogP contribution >= 0.6 is 0 Å². The zero-order valence-electron chi connectivity index (χ0n) is 10.8. The summed E-state index contributed by atoms with van der Waals surface area (Å²) < 4.78 is 0. The molecular weight excluding hydrogens is 250 g/mol. The van der Waals surface area contributed by atoms with Gasteiger partial charge in [-0.2, -0.15) is 0 Å². The first-order chi connectivity index (χ1) is 8.86. The predicted molar refractivity (Wildman–Crippen MR) is 70.8 cm³/mol. The number of phenolic OH excluding ortho intramolecular Hbond substituents is 1. The van der Waals surface area contributed by atoms with Crippen molar-refractivity contribution in [2.24, 2.45) is 11.7 Å². The normalized spacial score (nSPS) is 13.6. The van der Waals surface area contributed by atoms with Crippen LogP contribution in [0.5, 0.6) is 5.75 Å². The number of amides is 1. The second-order valence-electron chi connectivity index (χ2n) is 4.36. The molecule has 104 valence electrons. The molecule has 0 spiro atoms. The van der Waals surface area contributed by atoms with Gasteiger partial charge in [-0.1, -0.05) is 20.3 Å². The molecule has 0 aromatic heterocycles. The van der Waals surface area contributed by atoms with E-state index in [2.05, 4.69) is 5.32 Å². The molecule has 0 aliphatic rings. The molecule has 7 nitrogen and oxygen atoms in total. The minimum atomic E-state index is -0.738. The molecule has 1 rings (SSSR count). The molecule has 0 bridgehead atoms. The summed E-state index contributed by atoms with van der Waals surface area (Å²) in [6.07, 6.45) is 0.728. The Morgan fingerprint density at radius 2 is 2.21 bits per heavy atom. The number of hydrogen-bond acceptors (Lipinski definition) is 5. The number of aromatic hydroxyl groups is 1. The minimum absolute atomic E-state index is 0.0200. The average Bonchev–Trinajstić information content (AvgIpc) is 2.38. The third-order valence-corrected chi connectivity index (χ3v) is 3.00. The number of anilines is 1. The van der Waals surface area contributed by atoms with Gasteiger partial charge in [0.25, 0.3) is 5.69 Å². The highest BCUT2D eigenvalue weighted by Gasteiger charge is 2.23. The van der Waals surface area contributed by atoms with Crippen LogP contribution < -0.4 is 11.1 Å². The summed E-state index contributed by atoms with van der Waals surface area (Å²) in [4.78, 5) is 22.0. The number of carbonyl (C=O) groups excluding carboxylic acids is 1. The zero-order chi connectivity index (χ0) is 14.6. The molecule has 1 amide bonds. The van der Waals surface area contributed by atoms with Crippen molar-refractivity contribution in [3.63, 3.8) is 0 Å². The topological polar surface area (TPSA) is 118 Å². The summed E-state index contributed by atoms with van der Waals surface area (Å²) in [5, 5.41) is 22.5. The third kappa shape index (κ3) is 3.65. The van der Waals surface area contributed by atoms with Gasteiger partial charge in [-0.15, -0.1) is 0 Å². The van der Waals surface area contributed by atoms with E-state index >= 15 is 0 Å². The molecule has 4 N–H and O–H groups in total. The standard InChI is InChI=1S/C12H17N3O4/c1-3-7(2)11(13)12(17)14-9-5-4-8(16)6-10(9)15(18)19/h4-7,11,16H,3,13H2,1-2H3,(H,14,17)/t7?,11-/m0/s1. The summed E-state index contributed by atoms with van der Waals surface area (Å²) >= 11 is 0. The van der Waals surface area contributed by atoms with Crippen molar-refractivity contribution in [2.45, 2.75) is 26.3 Å². The average molecular weight is 267 g/mol. The summed E-state index contributed by atoms with van der Waals surface area (Å²) in [7, 11) is 0. The van der Waals surface area contributed by atoms with Crippen molar-refractivity contribution in [3.8, 4) is 5.75 Å². The van der Waals surface area contributed by atoms with E-state index in [0.717, 1.165) is 12.5 Å². The van der Waals surface area contributed by atoms with Gasteiger partial charge in [0.2, 0.25) is 5.91 Å². The Bertz CT molecular complexity index is 490. The number of nitrogens with two attached hydrogens (primary N) is 1. The van der Waals surface area contributed by atoms with Gasteiger partial charge in [-0.25, -0.2) is 0 Å². The first-order valence-corrected chi connectivity index (χ1v) is 5.90. The quantitative estimate of drug-likeness (QED) is 0.425. The molecule has 7 heteroatoms. The number of nitrogens with one attached hydrogen (secondary N) is 1. The van der Waals surface area contributed by atoms with Crippen LogP contribution in [0.1, 0.15) is 20.3 Å². The van der Waals surface area contributed by atoms with Crippen LogP contribution in [0, 0.1) is 16.0 Å². The fourth-order valence-corrected chi connectivity index (χ4v) is 1.51. The van der Waals surface area contributed by atoms with Crippen molar-refractivity contribution in [3.05, 3.63) is 28.3 Å². The van der Waals surface area contributed by atoms with Crippen LogP contribution in [-0.2, 0) is 4.79 Å². The van der Waals surface area contributed by atoms with Crippen molar-refractivity contribution in [1.29, 1.82) is 0 Å². The number of carbonyl (C=O) groups is 1. The van der Waals surface area contributed by atoms with Crippen LogP contribution in [0.3, 0.4) is 0 Å². The fourth-order valence-electron chi connectivity index (χ4n) is 1.51. The van der Waals surface area contributed by atoms with E-state index in [1.807, 2.05) is 13.8 Å². The van der Waals surface area contributed by atoms with Gasteiger partial charge >= 0.3 is 0 Å². The summed E-state index contributed by atoms with van der Waals surface area (Å²) in [5.41, 5.74) is 5.39. The van der Waals surface area contributed by atoms with Crippen LogP contribution in [-0.4, -0.2) is 22.0 Å². The molecule has 1 unspecified atom stereocenters. The van der Waals surface area contributed by atoms with E-state index in [0.29, 0.717) is 0 Å². The van der Waals surface area contributed by atoms with Crippen LogP contribution in [0.4, 0.5) is 11.4 Å². The molecule has 0 saturated carbocycles. The van der Waals surface area contributed by atoms with Gasteiger partial charge in [-0.05, 0) is 18.1 Å². The molecule has 0 fully saturated rings. The maximum atomic E-state index is 11.9. The number of nitro groups is 1. The summed E-state index contributed by atoms with van der Waals surface area (Å²) in [6, 6.07) is 2.77. The lowest BCUT2D eigenvalue weighted by Gasteiger charge is -2.17. The third-order valence-electron chi connectivity index (χ3n) is 3.00. The zero-order valence-corrected chi connectivity index (χ0v) is 10.8. The molecule has 19 heavy (non-hydrogen) atoms. The van der Waals surface area contributed by atoms with Crippen molar-refractivity contribution in [1.82, 2.24) is 0 Å². The van der Waals surface area contributed by atoms with Crippen LogP contribution in [0.2, 0.25) is 0 Å². The maximum Gasteiger partial charge on any atom is 0.296 e. The van der Waals surface area contributed by atoms with Gasteiger partial charge in [0.1, 0.15) is 11.4 Å². The van der Waals surface area contributed by atoms with E-state index in [1.165, 1.54) is 12.1 Å². The van der Waals surface area contributed by atoms with Crippen LogP contribution in [0.15, 0.2) is 18.2 Å². The van der Waals surface area contributed by atoms with E-state index < -0.39 is 16.9 Å². The van der Waals surface area contributed by atoms with Crippen molar-refractivity contribution >= 4 is 17.3 Å². The Morgan fingerprint density at radius 3 is 2.74 bits per heavy atom. The van der Waals surface area contributed by atoms with Gasteiger partial charge in [0.15, 0.2) is 0 Å². The molecule has 1 aromatic carbocycles. The highest BCUT2D eigenvalue weighted by Crippen LogP contribution is 2.28. The van der Waals surface area contributed by atoms with E-state index in [1.54, 1.807) is 0 Å². The predicted octanol–water partition coefficient (Wildman–Crippen LogP) is 1.61.